The maximum atomic E-state index is 9.50. The molecule has 0 aromatic heterocycles. The van der Waals surface area contributed by atoms with E-state index in [2.05, 4.69) is 12.2 Å². The van der Waals surface area contributed by atoms with E-state index in [1.807, 2.05) is 0 Å². The van der Waals surface area contributed by atoms with Crippen LogP contribution < -0.4 is 5.32 Å². The lowest BCUT2D eigenvalue weighted by molar-refractivity contribution is 0.0690. The average molecular weight is 189 g/mol. The number of rotatable bonds is 7. The van der Waals surface area contributed by atoms with Crippen molar-refractivity contribution >= 4 is 0 Å². The highest BCUT2D eigenvalue weighted by Crippen LogP contribution is 2.02. The van der Waals surface area contributed by atoms with Crippen molar-refractivity contribution in [3.63, 3.8) is 0 Å². The van der Waals surface area contributed by atoms with E-state index in [1.165, 1.54) is 0 Å². The van der Waals surface area contributed by atoms with Gasteiger partial charge in [-0.1, -0.05) is 13.3 Å². The van der Waals surface area contributed by atoms with Crippen molar-refractivity contribution in [2.75, 3.05) is 20.3 Å². The first-order valence-electron chi connectivity index (χ1n) is 4.94. The smallest absolute Gasteiger partial charge is 0.0715 e. The number of nitrogens with one attached hydrogen (secondary N) is 1. The van der Waals surface area contributed by atoms with Crippen molar-refractivity contribution in [2.24, 2.45) is 0 Å². The Morgan fingerprint density at radius 1 is 1.46 bits per heavy atom. The van der Waals surface area contributed by atoms with Crippen LogP contribution in [0.5, 0.6) is 0 Å². The van der Waals surface area contributed by atoms with Gasteiger partial charge in [-0.25, -0.2) is 0 Å². The van der Waals surface area contributed by atoms with Gasteiger partial charge < -0.3 is 15.2 Å². The normalized spacial score (nSPS) is 14.5. The van der Waals surface area contributed by atoms with Gasteiger partial charge in [0.1, 0.15) is 0 Å². The van der Waals surface area contributed by atoms with E-state index in [0.717, 1.165) is 12.8 Å². The number of aliphatic hydroxyl groups is 1. The summed E-state index contributed by atoms with van der Waals surface area (Å²) in [6, 6.07) is 0.362. The topological polar surface area (TPSA) is 41.5 Å². The summed E-state index contributed by atoms with van der Waals surface area (Å²) in [4.78, 5) is 0. The first-order valence-corrected chi connectivity index (χ1v) is 4.94. The molecule has 0 rings (SSSR count). The molecule has 0 bridgehead atoms. The van der Waals surface area contributed by atoms with Crippen LogP contribution in [-0.2, 0) is 4.74 Å². The molecule has 0 aromatic carbocycles. The van der Waals surface area contributed by atoms with Crippen LogP contribution in [0.15, 0.2) is 0 Å². The Morgan fingerprint density at radius 3 is 2.46 bits per heavy atom. The fourth-order valence-corrected chi connectivity index (χ4v) is 1.19. The first kappa shape index (κ1) is 12.9. The highest BCUT2D eigenvalue weighted by molar-refractivity contribution is 4.73. The summed E-state index contributed by atoms with van der Waals surface area (Å²) in [6.07, 6.45) is 2.22. The molecule has 0 radical (unpaired) electrons. The summed E-state index contributed by atoms with van der Waals surface area (Å²) in [5.41, 5.74) is -0.639. The first-order chi connectivity index (χ1) is 5.99. The zero-order chi connectivity index (χ0) is 10.3. The number of hydrogen-bond donors (Lipinski definition) is 2. The van der Waals surface area contributed by atoms with Crippen molar-refractivity contribution in [1.82, 2.24) is 5.32 Å². The predicted molar refractivity (Wildman–Crippen MR) is 54.9 cm³/mol. The third kappa shape index (κ3) is 8.22. The molecule has 1 atom stereocenters. The van der Waals surface area contributed by atoms with Crippen LogP contribution >= 0.6 is 0 Å². The molecule has 80 valence electrons. The predicted octanol–water partition coefficient (Wildman–Crippen LogP) is 1.16. The highest BCUT2D eigenvalue weighted by atomic mass is 16.5. The molecule has 2 N–H and O–H groups in total. The summed E-state index contributed by atoms with van der Waals surface area (Å²) in [5, 5.41) is 12.8. The molecule has 0 saturated carbocycles. The molecule has 3 nitrogen and oxygen atoms in total. The molecule has 0 aliphatic heterocycles. The Kier molecular flexibility index (Phi) is 6.29. The van der Waals surface area contributed by atoms with Gasteiger partial charge in [-0.05, 0) is 20.3 Å². The lowest BCUT2D eigenvalue weighted by Gasteiger charge is -2.23. The van der Waals surface area contributed by atoms with Crippen molar-refractivity contribution < 1.29 is 9.84 Å². The average Bonchev–Trinajstić information content (AvgIpc) is 2.00. The monoisotopic (exact) mass is 189 g/mol. The van der Waals surface area contributed by atoms with Crippen LogP contribution in [0.1, 0.15) is 33.6 Å². The van der Waals surface area contributed by atoms with Crippen molar-refractivity contribution in [3.05, 3.63) is 0 Å². The fourth-order valence-electron chi connectivity index (χ4n) is 1.19. The zero-order valence-electron chi connectivity index (χ0n) is 9.26. The number of hydrogen-bond acceptors (Lipinski definition) is 3. The number of methoxy groups -OCH3 is 1. The van der Waals surface area contributed by atoms with Crippen molar-refractivity contribution in [3.8, 4) is 0 Å². The second-order valence-corrected chi connectivity index (χ2v) is 4.13. The van der Waals surface area contributed by atoms with Crippen LogP contribution in [0.4, 0.5) is 0 Å². The molecule has 13 heavy (non-hydrogen) atoms. The Labute approximate surface area is 81.5 Å². The minimum Gasteiger partial charge on any atom is -0.389 e. The third-order valence-electron chi connectivity index (χ3n) is 1.83. The highest BCUT2D eigenvalue weighted by Gasteiger charge is 2.15. The molecule has 0 fully saturated rings. The van der Waals surface area contributed by atoms with Gasteiger partial charge in [-0.2, -0.15) is 0 Å². The van der Waals surface area contributed by atoms with E-state index in [-0.39, 0.29) is 0 Å². The maximum absolute atomic E-state index is 9.50. The van der Waals surface area contributed by atoms with Crippen molar-refractivity contribution in [2.45, 2.75) is 45.3 Å². The standard InChI is InChI=1S/C10H23NO2/c1-5-6-9(7-13-4)11-8-10(2,3)12/h9,11-12H,5-8H2,1-4H3. The molecular formula is C10H23NO2. The fraction of sp³-hybridized carbons (Fsp3) is 1.00. The van der Waals surface area contributed by atoms with E-state index in [4.69, 9.17) is 4.74 Å². The maximum Gasteiger partial charge on any atom is 0.0715 e. The van der Waals surface area contributed by atoms with Gasteiger partial charge in [0.25, 0.3) is 0 Å². The van der Waals surface area contributed by atoms with Crippen LogP contribution in [0.25, 0.3) is 0 Å². The van der Waals surface area contributed by atoms with Gasteiger partial charge in [-0.15, -0.1) is 0 Å². The van der Waals surface area contributed by atoms with E-state index < -0.39 is 5.60 Å². The summed E-state index contributed by atoms with van der Waals surface area (Å²) in [5.74, 6) is 0. The van der Waals surface area contributed by atoms with E-state index in [9.17, 15) is 5.11 Å². The summed E-state index contributed by atoms with van der Waals surface area (Å²) in [6.45, 7) is 7.07. The zero-order valence-corrected chi connectivity index (χ0v) is 9.26. The molecular weight excluding hydrogens is 166 g/mol. The molecule has 1 unspecified atom stereocenters. The SMILES string of the molecule is CCCC(COC)NCC(C)(C)O. The second kappa shape index (κ2) is 6.35. The Bertz CT molecular complexity index is 115. The summed E-state index contributed by atoms with van der Waals surface area (Å²) >= 11 is 0. The van der Waals surface area contributed by atoms with Crippen molar-refractivity contribution in [1.29, 1.82) is 0 Å². The van der Waals surface area contributed by atoms with Crippen LogP contribution in [0.3, 0.4) is 0 Å². The minimum absolute atomic E-state index is 0.362. The Morgan fingerprint density at radius 2 is 2.08 bits per heavy atom. The summed E-state index contributed by atoms with van der Waals surface area (Å²) in [7, 11) is 1.70. The quantitative estimate of drug-likeness (QED) is 0.631. The Hall–Kier alpha value is -0.120. The molecule has 0 aromatic rings. The third-order valence-corrected chi connectivity index (χ3v) is 1.83. The van der Waals surface area contributed by atoms with E-state index in [0.29, 0.717) is 19.2 Å². The lowest BCUT2D eigenvalue weighted by Crippen LogP contribution is -2.42. The van der Waals surface area contributed by atoms with Gasteiger partial charge in [0, 0.05) is 19.7 Å². The molecule has 0 heterocycles. The molecule has 0 aliphatic rings. The van der Waals surface area contributed by atoms with Gasteiger partial charge in [0.15, 0.2) is 0 Å². The van der Waals surface area contributed by atoms with Crippen LogP contribution in [0, 0.1) is 0 Å². The van der Waals surface area contributed by atoms with Gasteiger partial charge in [0.2, 0.25) is 0 Å². The van der Waals surface area contributed by atoms with Crippen LogP contribution in [0.2, 0.25) is 0 Å². The molecule has 3 heteroatoms. The molecule has 0 spiro atoms. The minimum atomic E-state index is -0.639. The summed E-state index contributed by atoms with van der Waals surface area (Å²) < 4.78 is 5.08. The molecule has 0 saturated heterocycles. The lowest BCUT2D eigenvalue weighted by atomic mass is 10.1. The molecule has 0 amide bonds. The van der Waals surface area contributed by atoms with E-state index in [1.54, 1.807) is 21.0 Å². The van der Waals surface area contributed by atoms with Crippen LogP contribution in [-0.4, -0.2) is 37.0 Å². The number of ether oxygens (including phenoxy) is 1. The molecule has 0 aliphatic carbocycles. The van der Waals surface area contributed by atoms with E-state index >= 15 is 0 Å². The van der Waals surface area contributed by atoms with Gasteiger partial charge in [0.05, 0.1) is 12.2 Å². The van der Waals surface area contributed by atoms with Gasteiger partial charge >= 0.3 is 0 Å². The Balaban J connectivity index is 3.68. The van der Waals surface area contributed by atoms with Gasteiger partial charge in [-0.3, -0.25) is 0 Å². The largest absolute Gasteiger partial charge is 0.389 e. The second-order valence-electron chi connectivity index (χ2n) is 4.13.